The summed E-state index contributed by atoms with van der Waals surface area (Å²) >= 11 is 0. The van der Waals surface area contributed by atoms with Gasteiger partial charge in [0, 0.05) is 11.3 Å². The quantitative estimate of drug-likeness (QED) is 0.864. The van der Waals surface area contributed by atoms with E-state index in [-0.39, 0.29) is 17.9 Å². The SMILES string of the molecule is CC(C)C1=C(C=O)C(c2ccc(F)cc2)=NC(c2ccccc2)N1. The van der Waals surface area contributed by atoms with Crippen molar-refractivity contribution in [2.75, 3.05) is 0 Å². The first-order valence-electron chi connectivity index (χ1n) is 7.95. The van der Waals surface area contributed by atoms with Gasteiger partial charge < -0.3 is 5.32 Å². The number of nitrogens with zero attached hydrogens (tertiary/aromatic N) is 1. The Bertz CT molecular complexity index is 792. The second kappa shape index (κ2) is 6.79. The highest BCUT2D eigenvalue weighted by Crippen LogP contribution is 2.28. The Morgan fingerprint density at radius 1 is 1.08 bits per heavy atom. The van der Waals surface area contributed by atoms with Gasteiger partial charge in [-0.1, -0.05) is 44.2 Å². The molecular weight excluding hydrogens is 303 g/mol. The van der Waals surface area contributed by atoms with E-state index in [0.717, 1.165) is 23.1 Å². The van der Waals surface area contributed by atoms with E-state index >= 15 is 0 Å². The minimum Gasteiger partial charge on any atom is -0.363 e. The first kappa shape index (κ1) is 16.1. The van der Waals surface area contributed by atoms with E-state index in [1.165, 1.54) is 12.1 Å². The molecule has 122 valence electrons. The topological polar surface area (TPSA) is 41.5 Å². The highest BCUT2D eigenvalue weighted by molar-refractivity contribution is 6.24. The first-order chi connectivity index (χ1) is 11.6. The average molecular weight is 322 g/mol. The van der Waals surface area contributed by atoms with Gasteiger partial charge in [0.25, 0.3) is 0 Å². The molecule has 1 unspecified atom stereocenters. The van der Waals surface area contributed by atoms with E-state index < -0.39 is 0 Å². The lowest BCUT2D eigenvalue weighted by molar-refractivity contribution is -0.104. The largest absolute Gasteiger partial charge is 0.363 e. The molecule has 0 fully saturated rings. The summed E-state index contributed by atoms with van der Waals surface area (Å²) in [6.07, 6.45) is 0.554. The molecule has 24 heavy (non-hydrogen) atoms. The standard InChI is InChI=1S/C20H19FN2O/c1-13(2)18-17(12-24)19(14-8-10-16(21)11-9-14)23-20(22-18)15-6-4-3-5-7-15/h3-13,20,22H,1-2H3. The molecule has 2 aromatic rings. The van der Waals surface area contributed by atoms with Crippen LogP contribution < -0.4 is 5.32 Å². The Labute approximate surface area is 140 Å². The number of carbonyl (C=O) groups excluding carboxylic acids is 1. The fourth-order valence-electron chi connectivity index (χ4n) is 2.81. The van der Waals surface area contributed by atoms with Crippen LogP contribution in [-0.2, 0) is 4.79 Å². The smallest absolute Gasteiger partial charge is 0.153 e. The minimum absolute atomic E-state index is 0.141. The van der Waals surface area contributed by atoms with Crippen LogP contribution in [0.15, 0.2) is 70.9 Å². The van der Waals surface area contributed by atoms with Gasteiger partial charge in [-0.25, -0.2) is 4.39 Å². The van der Waals surface area contributed by atoms with Gasteiger partial charge in [-0.15, -0.1) is 0 Å². The van der Waals surface area contributed by atoms with Crippen molar-refractivity contribution in [3.8, 4) is 0 Å². The Morgan fingerprint density at radius 3 is 2.33 bits per heavy atom. The first-order valence-corrected chi connectivity index (χ1v) is 7.95. The molecule has 1 N–H and O–H groups in total. The van der Waals surface area contributed by atoms with E-state index in [0.29, 0.717) is 11.3 Å². The molecule has 0 aliphatic carbocycles. The average Bonchev–Trinajstić information content (AvgIpc) is 2.62. The number of benzene rings is 2. The van der Waals surface area contributed by atoms with Crippen LogP contribution in [0.1, 0.15) is 31.1 Å². The van der Waals surface area contributed by atoms with Crippen LogP contribution in [0.3, 0.4) is 0 Å². The normalized spacial score (nSPS) is 17.5. The summed E-state index contributed by atoms with van der Waals surface area (Å²) in [5, 5.41) is 3.37. The monoisotopic (exact) mass is 322 g/mol. The van der Waals surface area contributed by atoms with Crippen molar-refractivity contribution in [2.24, 2.45) is 10.9 Å². The molecule has 1 atom stereocenters. The van der Waals surface area contributed by atoms with Gasteiger partial charge >= 0.3 is 0 Å². The van der Waals surface area contributed by atoms with Crippen molar-refractivity contribution >= 4 is 12.0 Å². The maximum absolute atomic E-state index is 13.2. The Kier molecular flexibility index (Phi) is 4.56. The van der Waals surface area contributed by atoms with Crippen LogP contribution in [0.4, 0.5) is 4.39 Å². The predicted octanol–water partition coefficient (Wildman–Crippen LogP) is 4.03. The minimum atomic E-state index is -0.311. The molecule has 1 heterocycles. The zero-order valence-electron chi connectivity index (χ0n) is 13.7. The van der Waals surface area contributed by atoms with Crippen LogP contribution in [-0.4, -0.2) is 12.0 Å². The number of hydrogen-bond donors (Lipinski definition) is 1. The molecule has 0 bridgehead atoms. The van der Waals surface area contributed by atoms with Crippen LogP contribution in [0.5, 0.6) is 0 Å². The van der Waals surface area contributed by atoms with Crippen molar-refractivity contribution in [3.05, 3.63) is 82.8 Å². The molecular formula is C20H19FN2O. The molecule has 0 aromatic heterocycles. The van der Waals surface area contributed by atoms with Crippen LogP contribution in [0.2, 0.25) is 0 Å². The molecule has 1 aliphatic heterocycles. The zero-order chi connectivity index (χ0) is 17.1. The van der Waals surface area contributed by atoms with Gasteiger partial charge in [-0.05, 0) is 35.7 Å². The Hall–Kier alpha value is -2.75. The lowest BCUT2D eigenvalue weighted by Crippen LogP contribution is -2.32. The number of allylic oxidation sites excluding steroid dienone is 2. The highest BCUT2D eigenvalue weighted by Gasteiger charge is 2.26. The molecule has 0 radical (unpaired) electrons. The summed E-state index contributed by atoms with van der Waals surface area (Å²) in [5.41, 5.74) is 3.73. The van der Waals surface area contributed by atoms with E-state index in [9.17, 15) is 9.18 Å². The Morgan fingerprint density at radius 2 is 1.75 bits per heavy atom. The fraction of sp³-hybridized carbons (Fsp3) is 0.200. The molecule has 4 heteroatoms. The molecule has 0 spiro atoms. The second-order valence-corrected chi connectivity index (χ2v) is 6.04. The van der Waals surface area contributed by atoms with Gasteiger partial charge in [0.1, 0.15) is 12.0 Å². The van der Waals surface area contributed by atoms with Gasteiger partial charge in [-0.2, -0.15) is 0 Å². The zero-order valence-corrected chi connectivity index (χ0v) is 13.7. The van der Waals surface area contributed by atoms with Crippen LogP contribution in [0, 0.1) is 11.7 Å². The summed E-state index contributed by atoms with van der Waals surface area (Å²) in [5.74, 6) is -0.170. The van der Waals surface area contributed by atoms with Crippen molar-refractivity contribution in [3.63, 3.8) is 0 Å². The van der Waals surface area contributed by atoms with Crippen LogP contribution >= 0.6 is 0 Å². The third kappa shape index (κ3) is 3.13. The number of carbonyl (C=O) groups is 1. The molecule has 0 saturated carbocycles. The van der Waals surface area contributed by atoms with Crippen molar-refractivity contribution in [1.29, 1.82) is 0 Å². The third-order valence-corrected chi connectivity index (χ3v) is 4.02. The van der Waals surface area contributed by atoms with Crippen molar-refractivity contribution in [2.45, 2.75) is 20.0 Å². The van der Waals surface area contributed by atoms with E-state index in [1.807, 2.05) is 44.2 Å². The number of rotatable bonds is 4. The van der Waals surface area contributed by atoms with E-state index in [2.05, 4.69) is 5.32 Å². The number of halogens is 1. The summed E-state index contributed by atoms with van der Waals surface area (Å²) in [7, 11) is 0. The molecule has 3 rings (SSSR count). The second-order valence-electron chi connectivity index (χ2n) is 6.04. The van der Waals surface area contributed by atoms with E-state index in [1.54, 1.807) is 12.1 Å². The van der Waals surface area contributed by atoms with Gasteiger partial charge in [0.15, 0.2) is 6.29 Å². The fourth-order valence-corrected chi connectivity index (χ4v) is 2.81. The van der Waals surface area contributed by atoms with Crippen molar-refractivity contribution in [1.82, 2.24) is 5.32 Å². The lowest BCUT2D eigenvalue weighted by atomic mass is 9.94. The number of aliphatic imine (C=N–C) groups is 1. The number of nitrogens with one attached hydrogen (secondary N) is 1. The maximum Gasteiger partial charge on any atom is 0.153 e. The lowest BCUT2D eigenvalue weighted by Gasteiger charge is -2.29. The number of aldehydes is 1. The number of hydrogen-bond acceptors (Lipinski definition) is 3. The summed E-state index contributed by atoms with van der Waals surface area (Å²) in [4.78, 5) is 16.4. The van der Waals surface area contributed by atoms with Gasteiger partial charge in [0.05, 0.1) is 11.3 Å². The molecule has 0 amide bonds. The third-order valence-electron chi connectivity index (χ3n) is 4.02. The predicted molar refractivity (Wildman–Crippen MR) is 93.2 cm³/mol. The van der Waals surface area contributed by atoms with Gasteiger partial charge in [-0.3, -0.25) is 9.79 Å². The molecule has 1 aliphatic rings. The van der Waals surface area contributed by atoms with Gasteiger partial charge in [0.2, 0.25) is 0 Å². The molecule has 0 saturated heterocycles. The molecule has 3 nitrogen and oxygen atoms in total. The van der Waals surface area contributed by atoms with E-state index in [4.69, 9.17) is 4.99 Å². The Balaban J connectivity index is 2.13. The van der Waals surface area contributed by atoms with Crippen molar-refractivity contribution < 1.29 is 9.18 Å². The maximum atomic E-state index is 13.2. The summed E-state index contributed by atoms with van der Waals surface area (Å²) in [6.45, 7) is 4.06. The highest BCUT2D eigenvalue weighted by atomic mass is 19.1. The summed E-state index contributed by atoms with van der Waals surface area (Å²) in [6, 6.07) is 15.9. The summed E-state index contributed by atoms with van der Waals surface area (Å²) < 4.78 is 13.2. The molecule has 2 aromatic carbocycles. The van der Waals surface area contributed by atoms with Crippen LogP contribution in [0.25, 0.3) is 0 Å².